The Morgan fingerprint density at radius 2 is 1.80 bits per heavy atom. The van der Waals surface area contributed by atoms with Gasteiger partial charge in [-0.3, -0.25) is 0 Å². The van der Waals surface area contributed by atoms with Gasteiger partial charge < -0.3 is 10.4 Å². The van der Waals surface area contributed by atoms with E-state index in [1.807, 2.05) is 0 Å². The van der Waals surface area contributed by atoms with Crippen molar-refractivity contribution in [2.75, 3.05) is 25.9 Å². The van der Waals surface area contributed by atoms with Crippen molar-refractivity contribution in [1.82, 2.24) is 10.0 Å². The predicted molar refractivity (Wildman–Crippen MR) is 61.2 cm³/mol. The molecule has 0 atom stereocenters. The quantitative estimate of drug-likeness (QED) is 0.506. The highest BCUT2D eigenvalue weighted by molar-refractivity contribution is 7.88. The maximum Gasteiger partial charge on any atom is 0.208 e. The summed E-state index contributed by atoms with van der Waals surface area (Å²) in [4.78, 5) is 0. The molecule has 6 heteroatoms. The van der Waals surface area contributed by atoms with Gasteiger partial charge in [-0.15, -0.1) is 0 Å². The van der Waals surface area contributed by atoms with Crippen LogP contribution in [0.3, 0.4) is 0 Å². The first-order valence-corrected chi connectivity index (χ1v) is 6.97. The lowest BCUT2D eigenvalue weighted by Gasteiger charge is -2.16. The third-order valence-corrected chi connectivity index (χ3v) is 2.54. The Bertz CT molecular complexity index is 257. The fourth-order valence-corrected chi connectivity index (χ4v) is 1.51. The molecular weight excluding hydrogens is 216 g/mol. The summed E-state index contributed by atoms with van der Waals surface area (Å²) < 4.78 is 23.8. The van der Waals surface area contributed by atoms with E-state index in [2.05, 4.69) is 10.0 Å². The highest BCUT2D eigenvalue weighted by Crippen LogP contribution is 2.04. The van der Waals surface area contributed by atoms with Crippen LogP contribution in [0.15, 0.2) is 0 Å². The maximum atomic E-state index is 10.7. The van der Waals surface area contributed by atoms with E-state index in [9.17, 15) is 13.5 Å². The van der Waals surface area contributed by atoms with Crippen molar-refractivity contribution in [3.05, 3.63) is 0 Å². The number of rotatable bonds is 8. The van der Waals surface area contributed by atoms with E-state index in [0.717, 1.165) is 25.8 Å². The average Bonchev–Trinajstić information content (AvgIpc) is 1.98. The number of sulfonamides is 1. The maximum absolute atomic E-state index is 10.7. The molecule has 15 heavy (non-hydrogen) atoms. The molecule has 3 N–H and O–H groups in total. The standard InChI is InChI=1S/C9H22N2O3S/c1-9(2,12)5-8-10-6-4-7-11-15(3,13)14/h10-12H,4-8H2,1-3H3. The van der Waals surface area contributed by atoms with Gasteiger partial charge in [0.15, 0.2) is 0 Å². The third-order valence-electron chi connectivity index (χ3n) is 1.81. The van der Waals surface area contributed by atoms with Gasteiger partial charge in [0.1, 0.15) is 0 Å². The van der Waals surface area contributed by atoms with Crippen LogP contribution in [-0.4, -0.2) is 45.0 Å². The zero-order chi connectivity index (χ0) is 11.9. The second-order valence-corrected chi connectivity index (χ2v) is 6.17. The average molecular weight is 238 g/mol. The van der Waals surface area contributed by atoms with Crippen molar-refractivity contribution in [2.24, 2.45) is 0 Å². The van der Waals surface area contributed by atoms with Gasteiger partial charge in [-0.1, -0.05) is 0 Å². The van der Waals surface area contributed by atoms with Gasteiger partial charge in [-0.2, -0.15) is 0 Å². The number of aliphatic hydroxyl groups is 1. The summed E-state index contributed by atoms with van der Waals surface area (Å²) in [7, 11) is -3.06. The van der Waals surface area contributed by atoms with Crippen LogP contribution >= 0.6 is 0 Å². The van der Waals surface area contributed by atoms with Gasteiger partial charge in [0.05, 0.1) is 11.9 Å². The van der Waals surface area contributed by atoms with E-state index < -0.39 is 15.6 Å². The molecule has 0 unspecified atom stereocenters. The molecule has 0 heterocycles. The van der Waals surface area contributed by atoms with Crippen molar-refractivity contribution in [3.63, 3.8) is 0 Å². The van der Waals surface area contributed by atoms with Gasteiger partial charge in [-0.25, -0.2) is 13.1 Å². The molecule has 92 valence electrons. The Labute approximate surface area is 92.3 Å². The molecule has 0 rings (SSSR count). The fraction of sp³-hybridized carbons (Fsp3) is 1.00. The SMILES string of the molecule is CC(C)(O)CCNCCCNS(C)(=O)=O. The molecule has 0 aromatic rings. The van der Waals surface area contributed by atoms with E-state index in [1.54, 1.807) is 13.8 Å². The predicted octanol–water partition coefficient (Wildman–Crippen LogP) is -0.324. The second-order valence-electron chi connectivity index (χ2n) is 4.33. The van der Waals surface area contributed by atoms with Crippen LogP contribution in [0.5, 0.6) is 0 Å². The van der Waals surface area contributed by atoms with E-state index in [0.29, 0.717) is 13.0 Å². The molecule has 0 aromatic carbocycles. The van der Waals surface area contributed by atoms with Crippen molar-refractivity contribution in [3.8, 4) is 0 Å². The highest BCUT2D eigenvalue weighted by atomic mass is 32.2. The molecule has 0 radical (unpaired) electrons. The summed E-state index contributed by atoms with van der Waals surface area (Å²) in [6.45, 7) is 5.47. The molecule has 0 saturated heterocycles. The topological polar surface area (TPSA) is 78.4 Å². The van der Waals surface area contributed by atoms with Crippen LogP contribution in [0.25, 0.3) is 0 Å². The first kappa shape index (κ1) is 14.8. The van der Waals surface area contributed by atoms with Crippen LogP contribution < -0.4 is 10.0 Å². The molecule has 5 nitrogen and oxygen atoms in total. The Hall–Kier alpha value is -0.170. The minimum Gasteiger partial charge on any atom is -0.390 e. The molecule has 0 aromatic heterocycles. The summed E-state index contributed by atoms with van der Waals surface area (Å²) in [5, 5.41) is 12.5. The lowest BCUT2D eigenvalue weighted by atomic mass is 10.1. The molecule has 0 aliphatic rings. The van der Waals surface area contributed by atoms with Gasteiger partial charge >= 0.3 is 0 Å². The van der Waals surface area contributed by atoms with Gasteiger partial charge in [0.2, 0.25) is 10.0 Å². The van der Waals surface area contributed by atoms with E-state index >= 15 is 0 Å². The fourth-order valence-electron chi connectivity index (χ4n) is 0.990. The van der Waals surface area contributed by atoms with Crippen molar-refractivity contribution < 1.29 is 13.5 Å². The first-order valence-electron chi connectivity index (χ1n) is 5.08. The van der Waals surface area contributed by atoms with E-state index in [4.69, 9.17) is 0 Å². The van der Waals surface area contributed by atoms with Crippen LogP contribution in [-0.2, 0) is 10.0 Å². The van der Waals surface area contributed by atoms with Crippen LogP contribution in [0.2, 0.25) is 0 Å². The Morgan fingerprint density at radius 3 is 2.27 bits per heavy atom. The zero-order valence-corrected chi connectivity index (χ0v) is 10.5. The van der Waals surface area contributed by atoms with Crippen molar-refractivity contribution in [1.29, 1.82) is 0 Å². The number of hydrogen-bond acceptors (Lipinski definition) is 4. The lowest BCUT2D eigenvalue weighted by Crippen LogP contribution is -2.29. The Kier molecular flexibility index (Phi) is 6.35. The summed E-state index contributed by atoms with van der Waals surface area (Å²) >= 11 is 0. The van der Waals surface area contributed by atoms with Gasteiger partial charge in [-0.05, 0) is 39.8 Å². The molecule has 0 amide bonds. The molecule has 0 aliphatic heterocycles. The highest BCUT2D eigenvalue weighted by Gasteiger charge is 2.10. The minimum atomic E-state index is -3.06. The van der Waals surface area contributed by atoms with Crippen molar-refractivity contribution in [2.45, 2.75) is 32.3 Å². The monoisotopic (exact) mass is 238 g/mol. The summed E-state index contributed by atoms with van der Waals surface area (Å²) in [5.74, 6) is 0. The number of hydrogen-bond donors (Lipinski definition) is 3. The molecule has 0 fully saturated rings. The molecule has 0 saturated carbocycles. The molecule has 0 spiro atoms. The summed E-state index contributed by atoms with van der Waals surface area (Å²) in [5.41, 5.74) is -0.641. The van der Waals surface area contributed by atoms with Crippen LogP contribution in [0.4, 0.5) is 0 Å². The smallest absolute Gasteiger partial charge is 0.208 e. The zero-order valence-electron chi connectivity index (χ0n) is 9.71. The second kappa shape index (κ2) is 6.42. The van der Waals surface area contributed by atoms with E-state index in [-0.39, 0.29) is 0 Å². The Balaban J connectivity index is 3.27. The third kappa shape index (κ3) is 13.8. The Morgan fingerprint density at radius 1 is 1.20 bits per heavy atom. The van der Waals surface area contributed by atoms with Crippen molar-refractivity contribution >= 4 is 10.0 Å². The van der Waals surface area contributed by atoms with Gasteiger partial charge in [0.25, 0.3) is 0 Å². The minimum absolute atomic E-state index is 0.453. The summed E-state index contributed by atoms with van der Waals surface area (Å²) in [6, 6.07) is 0. The first-order chi connectivity index (χ1) is 6.71. The van der Waals surface area contributed by atoms with Crippen LogP contribution in [0, 0.1) is 0 Å². The van der Waals surface area contributed by atoms with Gasteiger partial charge in [0, 0.05) is 6.54 Å². The molecular formula is C9H22N2O3S. The largest absolute Gasteiger partial charge is 0.390 e. The lowest BCUT2D eigenvalue weighted by molar-refractivity contribution is 0.0713. The van der Waals surface area contributed by atoms with Crippen LogP contribution in [0.1, 0.15) is 26.7 Å². The normalized spacial score (nSPS) is 13.1. The number of nitrogens with one attached hydrogen (secondary N) is 2. The van der Waals surface area contributed by atoms with E-state index in [1.165, 1.54) is 0 Å². The molecule has 0 bridgehead atoms. The molecule has 0 aliphatic carbocycles. The summed E-state index contributed by atoms with van der Waals surface area (Å²) in [6.07, 6.45) is 2.58.